The summed E-state index contributed by atoms with van der Waals surface area (Å²) >= 11 is 0. The Hall–Kier alpha value is -4.41. The molecule has 1 aliphatic heterocycles. The summed E-state index contributed by atoms with van der Waals surface area (Å²) in [6.07, 6.45) is 3.30. The number of amides is 1. The van der Waals surface area contributed by atoms with Crippen LogP contribution in [0.3, 0.4) is 0 Å². The van der Waals surface area contributed by atoms with Gasteiger partial charge in [0.1, 0.15) is 12.1 Å². The number of aromatic nitrogens is 7. The van der Waals surface area contributed by atoms with Gasteiger partial charge in [0.25, 0.3) is 5.91 Å². The predicted octanol–water partition coefficient (Wildman–Crippen LogP) is 1.86. The minimum atomic E-state index is -0.0131. The Bertz CT molecular complexity index is 1220. The van der Waals surface area contributed by atoms with Crippen molar-refractivity contribution in [3.8, 4) is 5.69 Å². The van der Waals surface area contributed by atoms with E-state index in [-0.39, 0.29) is 5.91 Å². The molecule has 166 valence electrons. The lowest BCUT2D eigenvalue weighted by Crippen LogP contribution is -2.49. The summed E-state index contributed by atoms with van der Waals surface area (Å²) < 4.78 is 1.53. The number of pyridine rings is 1. The number of nitrogens with zero attached hydrogens (tertiary/aromatic N) is 9. The van der Waals surface area contributed by atoms with Gasteiger partial charge in [0.2, 0.25) is 0 Å². The number of hydrogen-bond donors (Lipinski definition) is 1. The van der Waals surface area contributed by atoms with E-state index in [1.807, 2.05) is 54.3 Å². The summed E-state index contributed by atoms with van der Waals surface area (Å²) in [7, 11) is 0. The highest BCUT2D eigenvalue weighted by atomic mass is 16.2. The second-order valence-electron chi connectivity index (χ2n) is 7.71. The summed E-state index contributed by atoms with van der Waals surface area (Å²) in [5.41, 5.74) is 2.45. The van der Waals surface area contributed by atoms with Crippen LogP contribution in [0.1, 0.15) is 15.9 Å². The first-order chi connectivity index (χ1) is 16.2. The highest BCUT2D eigenvalue weighted by Gasteiger charge is 2.23. The topological polar surface area (TPSA) is 118 Å². The SMILES string of the molecule is Cc1ccc(Nc2ccc(N3CCN(C(=O)c4cccc(-n5cnnn5)c4)CC3)nn2)nc1. The Morgan fingerprint density at radius 3 is 2.52 bits per heavy atom. The zero-order valence-electron chi connectivity index (χ0n) is 18.0. The van der Waals surface area contributed by atoms with Gasteiger partial charge in [-0.1, -0.05) is 12.1 Å². The number of carbonyl (C=O) groups excluding carboxylic acids is 1. The van der Waals surface area contributed by atoms with E-state index in [9.17, 15) is 4.79 Å². The molecule has 11 nitrogen and oxygen atoms in total. The van der Waals surface area contributed by atoms with Crippen molar-refractivity contribution in [3.63, 3.8) is 0 Å². The lowest BCUT2D eigenvalue weighted by molar-refractivity contribution is 0.0746. The molecule has 4 heterocycles. The van der Waals surface area contributed by atoms with E-state index >= 15 is 0 Å². The van der Waals surface area contributed by atoms with Crippen LogP contribution in [0.2, 0.25) is 0 Å². The number of tetrazole rings is 1. The van der Waals surface area contributed by atoms with E-state index in [0.29, 0.717) is 37.6 Å². The van der Waals surface area contributed by atoms with Crippen LogP contribution in [0.5, 0.6) is 0 Å². The molecule has 0 radical (unpaired) electrons. The maximum Gasteiger partial charge on any atom is 0.254 e. The number of rotatable bonds is 5. The molecule has 4 aromatic rings. The van der Waals surface area contributed by atoms with Gasteiger partial charge in [-0.15, -0.1) is 15.3 Å². The van der Waals surface area contributed by atoms with Gasteiger partial charge in [-0.05, 0) is 59.3 Å². The van der Waals surface area contributed by atoms with Gasteiger partial charge in [-0.2, -0.15) is 0 Å². The van der Waals surface area contributed by atoms with Crippen molar-refractivity contribution in [2.75, 3.05) is 36.4 Å². The van der Waals surface area contributed by atoms with E-state index in [4.69, 9.17) is 0 Å². The molecule has 3 aromatic heterocycles. The maximum atomic E-state index is 13.0. The molecule has 0 bridgehead atoms. The van der Waals surface area contributed by atoms with E-state index in [1.54, 1.807) is 12.3 Å². The van der Waals surface area contributed by atoms with Crippen LogP contribution in [0.15, 0.2) is 61.1 Å². The van der Waals surface area contributed by atoms with E-state index in [0.717, 1.165) is 22.9 Å². The van der Waals surface area contributed by atoms with E-state index in [1.165, 1.54) is 11.0 Å². The largest absolute Gasteiger partial charge is 0.352 e. The maximum absolute atomic E-state index is 13.0. The third-order valence-electron chi connectivity index (χ3n) is 5.42. The number of anilines is 3. The summed E-state index contributed by atoms with van der Waals surface area (Å²) in [6, 6.07) is 15.0. The molecule has 1 saturated heterocycles. The highest BCUT2D eigenvalue weighted by Crippen LogP contribution is 2.18. The van der Waals surface area contributed by atoms with Gasteiger partial charge >= 0.3 is 0 Å². The zero-order valence-corrected chi connectivity index (χ0v) is 18.0. The molecule has 11 heteroatoms. The number of hydrogen-bond acceptors (Lipinski definition) is 9. The average Bonchev–Trinajstić information content (AvgIpc) is 3.41. The van der Waals surface area contributed by atoms with E-state index < -0.39 is 0 Å². The fourth-order valence-electron chi connectivity index (χ4n) is 3.62. The molecule has 5 rings (SSSR count). The molecule has 0 spiro atoms. The second-order valence-corrected chi connectivity index (χ2v) is 7.71. The van der Waals surface area contributed by atoms with Crippen molar-refractivity contribution in [3.05, 3.63) is 72.2 Å². The zero-order chi connectivity index (χ0) is 22.6. The van der Waals surface area contributed by atoms with Crippen molar-refractivity contribution >= 4 is 23.4 Å². The fourth-order valence-corrected chi connectivity index (χ4v) is 3.62. The molecule has 1 amide bonds. The Morgan fingerprint density at radius 1 is 0.970 bits per heavy atom. The Labute approximate surface area is 190 Å². The normalized spacial score (nSPS) is 13.7. The molecule has 0 atom stereocenters. The minimum Gasteiger partial charge on any atom is -0.352 e. The smallest absolute Gasteiger partial charge is 0.254 e. The number of nitrogens with one attached hydrogen (secondary N) is 1. The average molecular weight is 442 g/mol. The van der Waals surface area contributed by atoms with E-state index in [2.05, 4.69) is 40.9 Å². The van der Waals surface area contributed by atoms with Crippen LogP contribution in [-0.2, 0) is 0 Å². The summed E-state index contributed by atoms with van der Waals surface area (Å²) in [4.78, 5) is 21.3. The molecule has 1 aliphatic rings. The monoisotopic (exact) mass is 442 g/mol. The van der Waals surface area contributed by atoms with Crippen molar-refractivity contribution in [1.29, 1.82) is 0 Å². The van der Waals surface area contributed by atoms with Crippen LogP contribution in [-0.4, -0.2) is 72.4 Å². The number of benzene rings is 1. The minimum absolute atomic E-state index is 0.0131. The van der Waals surface area contributed by atoms with Gasteiger partial charge in [0.05, 0.1) is 5.69 Å². The van der Waals surface area contributed by atoms with Crippen LogP contribution < -0.4 is 10.2 Å². The third-order valence-corrected chi connectivity index (χ3v) is 5.42. The molecule has 0 saturated carbocycles. The molecular weight excluding hydrogens is 420 g/mol. The van der Waals surface area contributed by atoms with Gasteiger partial charge in [0, 0.05) is 37.9 Å². The molecular formula is C22H22N10O. The Kier molecular flexibility index (Phi) is 5.58. The van der Waals surface area contributed by atoms with Gasteiger partial charge in [0.15, 0.2) is 11.6 Å². The molecule has 0 unspecified atom stereocenters. The molecule has 1 N–H and O–H groups in total. The number of aryl methyl sites for hydroxylation is 1. The lowest BCUT2D eigenvalue weighted by Gasteiger charge is -2.35. The molecule has 0 aliphatic carbocycles. The predicted molar refractivity (Wildman–Crippen MR) is 122 cm³/mol. The van der Waals surface area contributed by atoms with Gasteiger partial charge < -0.3 is 15.1 Å². The van der Waals surface area contributed by atoms with Crippen LogP contribution in [0, 0.1) is 6.92 Å². The van der Waals surface area contributed by atoms with Crippen molar-refractivity contribution in [2.24, 2.45) is 0 Å². The first-order valence-corrected chi connectivity index (χ1v) is 10.6. The molecule has 33 heavy (non-hydrogen) atoms. The van der Waals surface area contributed by atoms with Crippen LogP contribution in [0.4, 0.5) is 17.5 Å². The molecule has 1 fully saturated rings. The Balaban J connectivity index is 1.19. The fraction of sp³-hybridized carbons (Fsp3) is 0.227. The number of piperazine rings is 1. The van der Waals surface area contributed by atoms with Crippen LogP contribution >= 0.6 is 0 Å². The highest BCUT2D eigenvalue weighted by molar-refractivity contribution is 5.95. The van der Waals surface area contributed by atoms with Crippen molar-refractivity contribution < 1.29 is 4.79 Å². The number of carbonyl (C=O) groups is 1. The first-order valence-electron chi connectivity index (χ1n) is 10.6. The standard InChI is InChI=1S/C22H22N10O/c1-16-5-6-19(23-14-16)25-20-7-8-21(27-26-20)30-9-11-31(12-10-30)22(33)17-3-2-4-18(13-17)32-15-24-28-29-32/h2-8,13-15H,9-12H2,1H3,(H,23,25,26). The lowest BCUT2D eigenvalue weighted by atomic mass is 10.1. The summed E-state index contributed by atoms with van der Waals surface area (Å²) in [6.45, 7) is 4.55. The summed E-state index contributed by atoms with van der Waals surface area (Å²) in [5.74, 6) is 2.12. The first kappa shape index (κ1) is 20.5. The molecule has 1 aromatic carbocycles. The van der Waals surface area contributed by atoms with Crippen molar-refractivity contribution in [1.82, 2.24) is 40.3 Å². The van der Waals surface area contributed by atoms with Gasteiger partial charge in [-0.25, -0.2) is 9.67 Å². The second kappa shape index (κ2) is 8.99. The Morgan fingerprint density at radius 2 is 1.82 bits per heavy atom. The van der Waals surface area contributed by atoms with Crippen molar-refractivity contribution in [2.45, 2.75) is 6.92 Å². The third kappa shape index (κ3) is 4.61. The quantitative estimate of drug-likeness (QED) is 0.494. The van der Waals surface area contributed by atoms with Crippen LogP contribution in [0.25, 0.3) is 5.69 Å². The van der Waals surface area contributed by atoms with Gasteiger partial charge in [-0.3, -0.25) is 4.79 Å². The summed E-state index contributed by atoms with van der Waals surface area (Å²) in [5, 5.41) is 22.9.